The van der Waals surface area contributed by atoms with Gasteiger partial charge in [-0.1, -0.05) is 19.9 Å². The monoisotopic (exact) mass is 281 g/mol. The smallest absolute Gasteiger partial charge is 0.327 e. The summed E-state index contributed by atoms with van der Waals surface area (Å²) in [5, 5.41) is 12.9. The number of phenolic OH excluding ortho intramolecular Hbond substituents is 1. The number of nitrogens with one attached hydrogen (secondary N) is 1. The first kappa shape index (κ1) is 16.3. The van der Waals surface area contributed by atoms with Crippen LogP contribution >= 0.6 is 0 Å². The van der Waals surface area contributed by atoms with E-state index in [4.69, 9.17) is 9.47 Å². The standard InChI is InChI=1S/C15H23NO4/c1-5-20-13-8-11(6-7-12(13)17)14(15(18)19-4)16-9-10(2)3/h6-8,10,14,16-17H,5,9H2,1-4H3. The maximum absolute atomic E-state index is 11.9. The van der Waals surface area contributed by atoms with Crippen LogP contribution in [0.5, 0.6) is 11.5 Å². The molecule has 0 saturated carbocycles. The Labute approximate surface area is 119 Å². The van der Waals surface area contributed by atoms with Crippen molar-refractivity contribution in [2.24, 2.45) is 5.92 Å². The summed E-state index contributed by atoms with van der Waals surface area (Å²) in [7, 11) is 1.36. The molecule has 0 amide bonds. The van der Waals surface area contributed by atoms with E-state index in [-0.39, 0.29) is 11.7 Å². The van der Waals surface area contributed by atoms with E-state index in [0.717, 1.165) is 0 Å². The van der Waals surface area contributed by atoms with Crippen LogP contribution in [0.15, 0.2) is 18.2 Å². The molecule has 1 aromatic rings. The molecule has 0 aliphatic heterocycles. The van der Waals surface area contributed by atoms with Gasteiger partial charge in [0.2, 0.25) is 0 Å². The minimum absolute atomic E-state index is 0.0584. The van der Waals surface area contributed by atoms with Gasteiger partial charge in [0.15, 0.2) is 11.5 Å². The van der Waals surface area contributed by atoms with Crippen LogP contribution in [0.25, 0.3) is 0 Å². The average molecular weight is 281 g/mol. The first-order valence-electron chi connectivity index (χ1n) is 6.76. The summed E-state index contributed by atoms with van der Waals surface area (Å²) in [5.74, 6) is 0.470. The van der Waals surface area contributed by atoms with Gasteiger partial charge in [-0.3, -0.25) is 0 Å². The highest BCUT2D eigenvalue weighted by Crippen LogP contribution is 2.29. The largest absolute Gasteiger partial charge is 0.504 e. The Morgan fingerprint density at radius 3 is 2.65 bits per heavy atom. The fourth-order valence-electron chi connectivity index (χ4n) is 1.79. The minimum Gasteiger partial charge on any atom is -0.504 e. The van der Waals surface area contributed by atoms with Gasteiger partial charge in [-0.2, -0.15) is 0 Å². The van der Waals surface area contributed by atoms with Gasteiger partial charge < -0.3 is 19.9 Å². The third kappa shape index (κ3) is 4.42. The van der Waals surface area contributed by atoms with Gasteiger partial charge >= 0.3 is 5.97 Å². The fourth-order valence-corrected chi connectivity index (χ4v) is 1.79. The number of carbonyl (C=O) groups is 1. The Morgan fingerprint density at radius 2 is 2.10 bits per heavy atom. The summed E-state index contributed by atoms with van der Waals surface area (Å²) in [4.78, 5) is 11.9. The van der Waals surface area contributed by atoms with E-state index >= 15 is 0 Å². The second-order valence-corrected chi connectivity index (χ2v) is 4.92. The lowest BCUT2D eigenvalue weighted by Gasteiger charge is -2.19. The number of methoxy groups -OCH3 is 1. The molecule has 0 aliphatic rings. The number of hydrogen-bond donors (Lipinski definition) is 2. The van der Waals surface area contributed by atoms with Crippen molar-refractivity contribution in [1.82, 2.24) is 5.32 Å². The third-order valence-corrected chi connectivity index (χ3v) is 2.78. The minimum atomic E-state index is -0.567. The van der Waals surface area contributed by atoms with Crippen LogP contribution in [0.3, 0.4) is 0 Å². The summed E-state index contributed by atoms with van der Waals surface area (Å²) in [6.45, 7) is 7.08. The zero-order valence-electron chi connectivity index (χ0n) is 12.5. The lowest BCUT2D eigenvalue weighted by atomic mass is 10.1. The molecule has 112 valence electrons. The molecule has 1 rings (SSSR count). The van der Waals surface area contributed by atoms with Crippen LogP contribution in [-0.4, -0.2) is 31.3 Å². The number of aromatic hydroxyl groups is 1. The highest BCUT2D eigenvalue weighted by molar-refractivity contribution is 5.77. The number of esters is 1. The van der Waals surface area contributed by atoms with Gasteiger partial charge in [0.25, 0.3) is 0 Å². The third-order valence-electron chi connectivity index (χ3n) is 2.78. The predicted molar refractivity (Wildman–Crippen MR) is 76.9 cm³/mol. The molecule has 1 atom stereocenters. The van der Waals surface area contributed by atoms with Crippen molar-refractivity contribution in [3.05, 3.63) is 23.8 Å². The average Bonchev–Trinajstić information content (AvgIpc) is 2.42. The first-order chi connectivity index (χ1) is 9.49. The molecule has 0 radical (unpaired) electrons. The maximum Gasteiger partial charge on any atom is 0.327 e. The van der Waals surface area contributed by atoms with E-state index in [2.05, 4.69) is 19.2 Å². The van der Waals surface area contributed by atoms with Gasteiger partial charge in [0.1, 0.15) is 6.04 Å². The van der Waals surface area contributed by atoms with E-state index in [1.165, 1.54) is 13.2 Å². The van der Waals surface area contributed by atoms with Crippen LogP contribution in [-0.2, 0) is 9.53 Å². The zero-order chi connectivity index (χ0) is 15.1. The lowest BCUT2D eigenvalue weighted by Crippen LogP contribution is -2.32. The van der Waals surface area contributed by atoms with Crippen LogP contribution in [0.4, 0.5) is 0 Å². The molecule has 5 heteroatoms. The van der Waals surface area contributed by atoms with Gasteiger partial charge in [-0.05, 0) is 37.1 Å². The summed E-state index contributed by atoms with van der Waals surface area (Å²) in [6.07, 6.45) is 0. The van der Waals surface area contributed by atoms with Crippen molar-refractivity contribution in [3.63, 3.8) is 0 Å². The molecule has 0 aliphatic carbocycles. The molecule has 20 heavy (non-hydrogen) atoms. The molecule has 1 aromatic carbocycles. The van der Waals surface area contributed by atoms with Crippen molar-refractivity contribution >= 4 is 5.97 Å². The second-order valence-electron chi connectivity index (χ2n) is 4.92. The Bertz CT molecular complexity index is 445. The van der Waals surface area contributed by atoms with Crippen LogP contribution in [0.1, 0.15) is 32.4 Å². The number of benzene rings is 1. The highest BCUT2D eigenvalue weighted by Gasteiger charge is 2.22. The second kappa shape index (κ2) is 7.75. The highest BCUT2D eigenvalue weighted by atomic mass is 16.5. The molecule has 0 aromatic heterocycles. The fraction of sp³-hybridized carbons (Fsp3) is 0.533. The summed E-state index contributed by atoms with van der Waals surface area (Å²) in [5.41, 5.74) is 0.707. The van der Waals surface area contributed by atoms with E-state index in [9.17, 15) is 9.90 Å². The summed E-state index contributed by atoms with van der Waals surface area (Å²) < 4.78 is 10.2. The Kier molecular flexibility index (Phi) is 6.31. The Morgan fingerprint density at radius 1 is 1.40 bits per heavy atom. The van der Waals surface area contributed by atoms with Crippen molar-refractivity contribution in [2.75, 3.05) is 20.3 Å². The van der Waals surface area contributed by atoms with Gasteiger partial charge in [-0.15, -0.1) is 0 Å². The molecular weight excluding hydrogens is 258 g/mol. The van der Waals surface area contributed by atoms with Crippen molar-refractivity contribution in [3.8, 4) is 11.5 Å². The van der Waals surface area contributed by atoms with Crippen molar-refractivity contribution < 1.29 is 19.4 Å². The van der Waals surface area contributed by atoms with E-state index in [0.29, 0.717) is 30.4 Å². The van der Waals surface area contributed by atoms with E-state index < -0.39 is 6.04 Å². The number of hydrogen-bond acceptors (Lipinski definition) is 5. The molecule has 0 heterocycles. The summed E-state index contributed by atoms with van der Waals surface area (Å²) >= 11 is 0. The maximum atomic E-state index is 11.9. The Hall–Kier alpha value is -1.75. The number of rotatable bonds is 7. The van der Waals surface area contributed by atoms with Crippen LogP contribution in [0, 0.1) is 5.92 Å². The molecule has 0 bridgehead atoms. The Balaban J connectivity index is 3.00. The lowest BCUT2D eigenvalue weighted by molar-refractivity contribution is -0.143. The van der Waals surface area contributed by atoms with Crippen LogP contribution in [0.2, 0.25) is 0 Å². The first-order valence-corrected chi connectivity index (χ1v) is 6.76. The molecular formula is C15H23NO4. The topological polar surface area (TPSA) is 67.8 Å². The number of ether oxygens (including phenoxy) is 2. The normalized spacial score (nSPS) is 12.2. The van der Waals surface area contributed by atoms with E-state index in [1.807, 2.05) is 6.92 Å². The summed E-state index contributed by atoms with van der Waals surface area (Å²) in [6, 6.07) is 4.30. The molecule has 1 unspecified atom stereocenters. The molecule has 0 saturated heterocycles. The van der Waals surface area contributed by atoms with Gasteiger partial charge in [0, 0.05) is 0 Å². The van der Waals surface area contributed by atoms with Crippen molar-refractivity contribution in [2.45, 2.75) is 26.8 Å². The molecule has 2 N–H and O–H groups in total. The van der Waals surface area contributed by atoms with E-state index in [1.54, 1.807) is 12.1 Å². The molecule has 5 nitrogen and oxygen atoms in total. The van der Waals surface area contributed by atoms with Crippen LogP contribution < -0.4 is 10.1 Å². The van der Waals surface area contributed by atoms with Gasteiger partial charge in [0.05, 0.1) is 13.7 Å². The van der Waals surface area contributed by atoms with Gasteiger partial charge in [-0.25, -0.2) is 4.79 Å². The molecule has 0 fully saturated rings. The molecule has 0 spiro atoms. The van der Waals surface area contributed by atoms with Crippen molar-refractivity contribution in [1.29, 1.82) is 0 Å². The quantitative estimate of drug-likeness (QED) is 0.750. The number of phenols is 1. The SMILES string of the molecule is CCOc1cc(C(NCC(C)C)C(=O)OC)ccc1O. The number of carbonyl (C=O) groups excluding carboxylic acids is 1. The zero-order valence-corrected chi connectivity index (χ0v) is 12.5. The predicted octanol–water partition coefficient (Wildman–Crippen LogP) is 2.25.